The van der Waals surface area contributed by atoms with Gasteiger partial charge >= 0.3 is 0 Å². The van der Waals surface area contributed by atoms with Gasteiger partial charge in [0.2, 0.25) is 0 Å². The van der Waals surface area contributed by atoms with Crippen molar-refractivity contribution in [3.8, 4) is 0 Å². The molecule has 1 fully saturated rings. The normalized spacial score (nSPS) is 25.6. The summed E-state index contributed by atoms with van der Waals surface area (Å²) in [7, 11) is -2.00. The summed E-state index contributed by atoms with van der Waals surface area (Å²) in [4.78, 5) is 0. The van der Waals surface area contributed by atoms with Crippen LogP contribution >= 0.6 is 0 Å². The molecule has 1 aliphatic heterocycles. The van der Waals surface area contributed by atoms with Crippen molar-refractivity contribution in [2.24, 2.45) is 0 Å². The maximum absolute atomic E-state index is 13.7. The smallest absolute Gasteiger partial charge is 0.277 e. The molecule has 1 unspecified atom stereocenters. The Kier molecular flexibility index (Phi) is 3.07. The van der Waals surface area contributed by atoms with Gasteiger partial charge in [-0.3, -0.25) is 0 Å². The molecule has 0 saturated carbocycles. The summed E-state index contributed by atoms with van der Waals surface area (Å²) >= 11 is 0. The highest BCUT2D eigenvalue weighted by atomic mass is 28.3. The highest BCUT2D eigenvalue weighted by Crippen LogP contribution is 2.37. The lowest BCUT2D eigenvalue weighted by atomic mass is 10.2. The van der Waals surface area contributed by atoms with Crippen LogP contribution in [-0.2, 0) is 4.43 Å². The number of hydrogen-bond donors (Lipinski definition) is 0. The van der Waals surface area contributed by atoms with E-state index >= 15 is 0 Å². The average Bonchev–Trinajstić information content (AvgIpc) is 2.04. The average molecular weight is 211 g/mol. The Morgan fingerprint density at radius 3 is 2.15 bits per heavy atom. The third-order valence-electron chi connectivity index (χ3n) is 2.42. The molecule has 1 atom stereocenters. The zero-order chi connectivity index (χ0) is 10.1. The van der Waals surface area contributed by atoms with Crippen molar-refractivity contribution in [2.45, 2.75) is 43.9 Å². The van der Waals surface area contributed by atoms with E-state index in [1.54, 1.807) is 0 Å². The van der Waals surface area contributed by atoms with Gasteiger partial charge in [0.25, 0.3) is 15.0 Å². The van der Waals surface area contributed by atoms with E-state index in [4.69, 9.17) is 4.43 Å². The van der Waals surface area contributed by atoms with E-state index in [1.807, 2.05) is 0 Å². The van der Waals surface area contributed by atoms with Gasteiger partial charge in [-0.05, 0) is 19.4 Å². The second-order valence-electron chi connectivity index (χ2n) is 3.62. The van der Waals surface area contributed by atoms with Gasteiger partial charge in [0.15, 0.2) is 5.29 Å². The highest BCUT2D eigenvalue weighted by Gasteiger charge is 2.55. The number of hydrogen-bond acceptors (Lipinski definition) is 1. The van der Waals surface area contributed by atoms with Crippen molar-refractivity contribution < 1.29 is 17.6 Å². The number of halogens is 3. The summed E-state index contributed by atoms with van der Waals surface area (Å²) in [6, 6.07) is 0.487. The van der Waals surface area contributed by atoms with Gasteiger partial charge in [0, 0.05) is 13.5 Å². The van der Waals surface area contributed by atoms with E-state index in [-0.39, 0.29) is 0 Å². The molecule has 0 aromatic carbocycles. The summed E-state index contributed by atoms with van der Waals surface area (Å²) in [6.07, 6.45) is 1.67. The summed E-state index contributed by atoms with van der Waals surface area (Å²) in [5.74, 6) is -3.29. The molecule has 0 aromatic rings. The Balaban J connectivity index is 2.67. The molecular weight excluding hydrogens is 197 g/mol. The fourth-order valence-corrected chi connectivity index (χ4v) is 3.61. The summed E-state index contributed by atoms with van der Waals surface area (Å²) in [5, 5.41) is -2.45. The van der Waals surface area contributed by atoms with Gasteiger partial charge in [-0.15, -0.1) is 0 Å². The van der Waals surface area contributed by atoms with Crippen LogP contribution in [0.2, 0.25) is 6.04 Å². The predicted molar refractivity (Wildman–Crippen MR) is 45.9 cm³/mol. The van der Waals surface area contributed by atoms with Crippen LogP contribution in [0.1, 0.15) is 26.7 Å². The van der Waals surface area contributed by atoms with Crippen LogP contribution in [-0.4, -0.2) is 26.9 Å². The third-order valence-corrected chi connectivity index (χ3v) is 5.27. The molecular formula is C8H14F3OSi. The number of alkyl halides is 3. The summed E-state index contributed by atoms with van der Waals surface area (Å²) < 4.78 is 44.5. The van der Waals surface area contributed by atoms with Crippen molar-refractivity contribution in [2.75, 3.05) is 6.61 Å². The molecule has 1 heterocycles. The molecule has 5 heteroatoms. The van der Waals surface area contributed by atoms with Gasteiger partial charge in [0.05, 0.1) is 0 Å². The quantitative estimate of drug-likeness (QED) is 0.638. The molecule has 1 aliphatic rings. The van der Waals surface area contributed by atoms with Crippen LogP contribution < -0.4 is 0 Å². The third kappa shape index (κ3) is 2.25. The highest BCUT2D eigenvalue weighted by molar-refractivity contribution is 6.55. The first-order chi connectivity index (χ1) is 5.86. The molecule has 77 valence electrons. The Morgan fingerprint density at radius 2 is 1.77 bits per heavy atom. The molecule has 0 bridgehead atoms. The summed E-state index contributed by atoms with van der Waals surface area (Å²) in [6.45, 7) is 2.03. The van der Waals surface area contributed by atoms with E-state index < -0.39 is 20.3 Å². The SMILES string of the molecule is CC(F)(F)C(C)(F)[Si]1CCCCO1. The van der Waals surface area contributed by atoms with E-state index in [0.717, 1.165) is 19.8 Å². The summed E-state index contributed by atoms with van der Waals surface area (Å²) in [5.41, 5.74) is 0. The van der Waals surface area contributed by atoms with Crippen LogP contribution in [0.15, 0.2) is 0 Å². The minimum absolute atomic E-state index is 0.434. The maximum atomic E-state index is 13.7. The van der Waals surface area contributed by atoms with Crippen LogP contribution in [0.25, 0.3) is 0 Å². The first-order valence-electron chi connectivity index (χ1n) is 4.41. The fourth-order valence-electron chi connectivity index (χ4n) is 1.27. The van der Waals surface area contributed by atoms with Crippen LogP contribution in [0.3, 0.4) is 0 Å². The number of rotatable bonds is 2. The molecule has 1 nitrogen and oxygen atoms in total. The lowest BCUT2D eigenvalue weighted by Crippen LogP contribution is -2.54. The fraction of sp³-hybridized carbons (Fsp3) is 1.00. The molecule has 1 saturated heterocycles. The van der Waals surface area contributed by atoms with Crippen molar-refractivity contribution in [1.82, 2.24) is 0 Å². The zero-order valence-corrected chi connectivity index (χ0v) is 8.87. The lowest BCUT2D eigenvalue weighted by Gasteiger charge is -2.34. The molecule has 0 aromatic heterocycles. The Morgan fingerprint density at radius 1 is 1.15 bits per heavy atom. The first-order valence-corrected chi connectivity index (χ1v) is 6.03. The van der Waals surface area contributed by atoms with Gasteiger partial charge < -0.3 is 4.43 Å². The predicted octanol–water partition coefficient (Wildman–Crippen LogP) is 2.71. The first kappa shape index (κ1) is 11.0. The molecule has 0 aliphatic carbocycles. The molecule has 0 N–H and O–H groups in total. The zero-order valence-electron chi connectivity index (χ0n) is 7.87. The van der Waals surface area contributed by atoms with Gasteiger partial charge in [0.1, 0.15) is 0 Å². The lowest BCUT2D eigenvalue weighted by molar-refractivity contribution is -0.0818. The largest absolute Gasteiger partial charge is 0.413 e. The second-order valence-corrected chi connectivity index (χ2v) is 6.19. The van der Waals surface area contributed by atoms with Crippen molar-refractivity contribution in [3.05, 3.63) is 0 Å². The van der Waals surface area contributed by atoms with Crippen LogP contribution in [0, 0.1) is 0 Å². The molecule has 1 radical (unpaired) electrons. The van der Waals surface area contributed by atoms with E-state index in [1.165, 1.54) is 0 Å². The topological polar surface area (TPSA) is 9.23 Å². The Labute approximate surface area is 78.0 Å². The van der Waals surface area contributed by atoms with Gasteiger partial charge in [-0.1, -0.05) is 6.42 Å². The molecule has 0 amide bonds. The van der Waals surface area contributed by atoms with Crippen molar-refractivity contribution in [1.29, 1.82) is 0 Å². The minimum atomic E-state index is -3.29. The van der Waals surface area contributed by atoms with Crippen molar-refractivity contribution in [3.63, 3.8) is 0 Å². The maximum Gasteiger partial charge on any atom is 0.277 e. The molecule has 1 rings (SSSR count). The second kappa shape index (κ2) is 3.61. The molecule has 0 spiro atoms. The minimum Gasteiger partial charge on any atom is -0.413 e. The Bertz CT molecular complexity index is 173. The standard InChI is InChI=1S/C8H14F3OSi/c1-7(9,10)8(2,11)13-6-4-3-5-12-13/h3-6H2,1-2H3. The molecule has 13 heavy (non-hydrogen) atoms. The van der Waals surface area contributed by atoms with E-state index in [0.29, 0.717) is 19.6 Å². The monoisotopic (exact) mass is 211 g/mol. The van der Waals surface area contributed by atoms with Gasteiger partial charge in [-0.25, -0.2) is 13.2 Å². The van der Waals surface area contributed by atoms with Gasteiger partial charge in [-0.2, -0.15) is 0 Å². The van der Waals surface area contributed by atoms with E-state index in [2.05, 4.69) is 0 Å². The van der Waals surface area contributed by atoms with E-state index in [9.17, 15) is 13.2 Å². The van der Waals surface area contributed by atoms with Crippen molar-refractivity contribution >= 4 is 9.04 Å². The Hall–Kier alpha value is -0.0331. The van der Waals surface area contributed by atoms with Crippen LogP contribution in [0.5, 0.6) is 0 Å². The van der Waals surface area contributed by atoms with Crippen LogP contribution in [0.4, 0.5) is 13.2 Å².